The van der Waals surface area contributed by atoms with Crippen LogP contribution >= 0.6 is 7.82 Å². The first-order valence-electron chi connectivity index (χ1n) is 12.3. The molecule has 0 aliphatic rings. The van der Waals surface area contributed by atoms with Gasteiger partial charge < -0.3 is 4.89 Å². The van der Waals surface area contributed by atoms with E-state index < -0.39 is 7.82 Å². The van der Waals surface area contributed by atoms with Crippen LogP contribution in [0.25, 0.3) is 0 Å². The van der Waals surface area contributed by atoms with Gasteiger partial charge in [-0.05, 0) is 20.3 Å². The summed E-state index contributed by atoms with van der Waals surface area (Å²) in [5.41, 5.74) is 0. The van der Waals surface area contributed by atoms with Gasteiger partial charge in [-0.25, -0.2) is 9.45 Å². The minimum Gasteiger partial charge on any atom is -0.301 e. The van der Waals surface area contributed by atoms with E-state index in [1.807, 2.05) is 6.92 Å². The molecule has 2 atom stereocenters. The van der Waals surface area contributed by atoms with Gasteiger partial charge in [-0.3, -0.25) is 4.52 Å². The van der Waals surface area contributed by atoms with Gasteiger partial charge in [0, 0.05) is 0 Å². The number of hydrogen-bond acceptors (Lipinski definition) is 4. The molecule has 0 amide bonds. The molecule has 0 fully saturated rings. The fourth-order valence-electron chi connectivity index (χ4n) is 3.52. The van der Waals surface area contributed by atoms with Crippen LogP contribution in [0.2, 0.25) is 0 Å². The quantitative estimate of drug-likeness (QED) is 0.0752. The zero-order valence-corrected chi connectivity index (χ0v) is 20.4. The van der Waals surface area contributed by atoms with Crippen molar-refractivity contribution in [1.29, 1.82) is 0 Å². The van der Waals surface area contributed by atoms with Crippen LogP contribution in [0.1, 0.15) is 136 Å². The monoisotopic (exact) mass is 436 g/mol. The van der Waals surface area contributed by atoms with Crippen LogP contribution in [0.4, 0.5) is 0 Å². The molecule has 0 aromatic heterocycles. The molecule has 0 aromatic carbocycles. The third kappa shape index (κ3) is 22.6. The predicted octanol–water partition coefficient (Wildman–Crippen LogP) is 8.50. The summed E-state index contributed by atoms with van der Waals surface area (Å²) in [5, 5.41) is 0. The molecule has 0 bridgehead atoms. The summed E-state index contributed by atoms with van der Waals surface area (Å²) in [6.07, 6.45) is 23.7. The molecule has 0 saturated heterocycles. The maximum Gasteiger partial charge on any atom is 0.499 e. The maximum atomic E-state index is 11.3. The smallest absolute Gasteiger partial charge is 0.301 e. The summed E-state index contributed by atoms with van der Waals surface area (Å²) in [7, 11) is -4.05. The van der Waals surface area contributed by atoms with Crippen molar-refractivity contribution in [2.45, 2.75) is 142 Å². The Morgan fingerprint density at radius 3 is 1.45 bits per heavy atom. The number of phosphoric ester groups is 1. The van der Waals surface area contributed by atoms with E-state index in [0.29, 0.717) is 0 Å². The zero-order chi connectivity index (χ0) is 21.6. The van der Waals surface area contributed by atoms with Gasteiger partial charge >= 0.3 is 7.82 Å². The van der Waals surface area contributed by atoms with Crippen molar-refractivity contribution < 1.29 is 23.5 Å². The molecule has 6 heteroatoms. The van der Waals surface area contributed by atoms with Gasteiger partial charge in [-0.15, -0.1) is 4.67 Å². The fraction of sp³-hybridized carbons (Fsp3) is 1.00. The summed E-state index contributed by atoms with van der Waals surface area (Å²) in [6, 6.07) is 0. The summed E-state index contributed by atoms with van der Waals surface area (Å²) in [6.45, 7) is 5.87. The van der Waals surface area contributed by atoms with Crippen LogP contribution in [-0.4, -0.2) is 17.6 Å². The van der Waals surface area contributed by atoms with Crippen LogP contribution in [0.15, 0.2) is 0 Å². The summed E-state index contributed by atoms with van der Waals surface area (Å²) in [4.78, 5) is 14.2. The molecule has 0 radical (unpaired) electrons. The first-order valence-corrected chi connectivity index (χ1v) is 13.8. The van der Waals surface area contributed by atoms with E-state index in [-0.39, 0.29) is 12.7 Å². The molecule has 176 valence electrons. The van der Waals surface area contributed by atoms with Crippen molar-refractivity contribution >= 4 is 7.82 Å². The summed E-state index contributed by atoms with van der Waals surface area (Å²) in [5.74, 6) is 0. The Kier molecular flexibility index (Phi) is 21.4. The first kappa shape index (κ1) is 29.1. The van der Waals surface area contributed by atoms with Crippen LogP contribution in [-0.2, 0) is 18.7 Å². The normalized spacial score (nSPS) is 14.8. The lowest BCUT2D eigenvalue weighted by atomic mass is 10.0. The number of phosphoric acid groups is 1. The SMILES string of the molecule is CCCCCCCCCCCCCCCCCCCC(C)OOP(=O)(O)OCC. The van der Waals surface area contributed by atoms with Crippen molar-refractivity contribution in [2.75, 3.05) is 6.61 Å². The lowest BCUT2D eigenvalue weighted by molar-refractivity contribution is -0.256. The molecule has 0 aliphatic carbocycles. The molecule has 1 N–H and O–H groups in total. The molecule has 29 heavy (non-hydrogen) atoms. The van der Waals surface area contributed by atoms with Crippen LogP contribution in [0, 0.1) is 0 Å². The minimum atomic E-state index is -4.05. The maximum absolute atomic E-state index is 11.3. The van der Waals surface area contributed by atoms with E-state index in [1.165, 1.54) is 103 Å². The van der Waals surface area contributed by atoms with Gasteiger partial charge in [0.2, 0.25) is 0 Å². The van der Waals surface area contributed by atoms with E-state index in [9.17, 15) is 9.46 Å². The minimum absolute atomic E-state index is 0.116. The second kappa shape index (κ2) is 21.3. The highest BCUT2D eigenvalue weighted by atomic mass is 31.2. The molecular weight excluding hydrogens is 387 g/mol. The summed E-state index contributed by atoms with van der Waals surface area (Å²) >= 11 is 0. The molecule has 0 aliphatic heterocycles. The van der Waals surface area contributed by atoms with Crippen molar-refractivity contribution in [2.24, 2.45) is 0 Å². The molecule has 2 unspecified atom stereocenters. The lowest BCUT2D eigenvalue weighted by Crippen LogP contribution is -2.08. The third-order valence-electron chi connectivity index (χ3n) is 5.31. The van der Waals surface area contributed by atoms with Crippen molar-refractivity contribution in [3.05, 3.63) is 0 Å². The van der Waals surface area contributed by atoms with Gasteiger partial charge in [0.15, 0.2) is 0 Å². The number of rotatable bonds is 23. The van der Waals surface area contributed by atoms with Crippen LogP contribution in [0.5, 0.6) is 0 Å². The van der Waals surface area contributed by atoms with Gasteiger partial charge in [0.1, 0.15) is 0 Å². The van der Waals surface area contributed by atoms with Crippen molar-refractivity contribution in [1.82, 2.24) is 0 Å². The molecular formula is C23H49O5P. The molecule has 0 heterocycles. The topological polar surface area (TPSA) is 65.0 Å². The van der Waals surface area contributed by atoms with Crippen molar-refractivity contribution in [3.63, 3.8) is 0 Å². The standard InChI is InChI=1S/C23H49O5P/c1-4-6-7-8-9-10-11-12-13-14-15-16-17-18-19-20-21-22-23(3)27-28-29(24,25)26-5-2/h23H,4-22H2,1-3H3,(H,24,25). The molecule has 0 rings (SSSR count). The summed E-state index contributed by atoms with van der Waals surface area (Å²) < 4.78 is 20.4. The highest BCUT2D eigenvalue weighted by Crippen LogP contribution is 2.43. The predicted molar refractivity (Wildman–Crippen MR) is 122 cm³/mol. The average Bonchev–Trinajstić information content (AvgIpc) is 2.69. The Hall–Kier alpha value is 0.0700. The van der Waals surface area contributed by atoms with E-state index >= 15 is 0 Å². The zero-order valence-electron chi connectivity index (χ0n) is 19.5. The molecule has 0 saturated carbocycles. The Morgan fingerprint density at radius 2 is 1.07 bits per heavy atom. The van der Waals surface area contributed by atoms with E-state index in [1.54, 1.807) is 6.92 Å². The Labute approximate surface area is 180 Å². The van der Waals surface area contributed by atoms with E-state index in [0.717, 1.165) is 12.8 Å². The average molecular weight is 437 g/mol. The van der Waals surface area contributed by atoms with Gasteiger partial charge in [-0.2, -0.15) is 0 Å². The molecule has 0 spiro atoms. The van der Waals surface area contributed by atoms with Gasteiger partial charge in [-0.1, -0.05) is 116 Å². The Balaban J connectivity index is 3.23. The fourth-order valence-corrected chi connectivity index (χ4v) is 4.14. The highest BCUT2D eigenvalue weighted by molar-refractivity contribution is 7.47. The molecule has 0 aromatic rings. The second-order valence-electron chi connectivity index (χ2n) is 8.31. The van der Waals surface area contributed by atoms with Gasteiger partial charge in [0.05, 0.1) is 12.7 Å². The lowest BCUT2D eigenvalue weighted by Gasteiger charge is -2.14. The molecule has 5 nitrogen and oxygen atoms in total. The highest BCUT2D eigenvalue weighted by Gasteiger charge is 2.22. The van der Waals surface area contributed by atoms with Crippen LogP contribution < -0.4 is 0 Å². The Bertz CT molecular complexity index is 378. The third-order valence-corrected chi connectivity index (χ3v) is 6.17. The van der Waals surface area contributed by atoms with Crippen molar-refractivity contribution in [3.8, 4) is 0 Å². The van der Waals surface area contributed by atoms with E-state index in [2.05, 4.69) is 16.1 Å². The van der Waals surface area contributed by atoms with Gasteiger partial charge in [0.25, 0.3) is 0 Å². The second-order valence-corrected chi connectivity index (χ2v) is 9.66. The van der Waals surface area contributed by atoms with E-state index in [4.69, 9.17) is 4.89 Å². The van der Waals surface area contributed by atoms with Crippen LogP contribution in [0.3, 0.4) is 0 Å². The Morgan fingerprint density at radius 1 is 0.690 bits per heavy atom. The largest absolute Gasteiger partial charge is 0.499 e. The number of hydrogen-bond donors (Lipinski definition) is 1. The first-order chi connectivity index (χ1) is 14.0. The number of unbranched alkanes of at least 4 members (excludes halogenated alkanes) is 16.